The van der Waals surface area contributed by atoms with Crippen LogP contribution >= 0.6 is 0 Å². The molecule has 0 atom stereocenters. The van der Waals surface area contributed by atoms with Crippen LogP contribution in [0.4, 0.5) is 0 Å². The van der Waals surface area contributed by atoms with Gasteiger partial charge in [0.25, 0.3) is 0 Å². The molecule has 1 aromatic carbocycles. The molecule has 0 bridgehead atoms. The van der Waals surface area contributed by atoms with Gasteiger partial charge in [0.05, 0.1) is 25.8 Å². The number of aryl methyl sites for hydroxylation is 2. The summed E-state index contributed by atoms with van der Waals surface area (Å²) in [6.45, 7) is 1.58. The number of hydrogen-bond donors (Lipinski definition) is 0. The van der Waals surface area contributed by atoms with Gasteiger partial charge in [0.15, 0.2) is 0 Å². The molecule has 3 rings (SSSR count). The normalized spacial score (nSPS) is 13.5. The van der Waals surface area contributed by atoms with Gasteiger partial charge in [0, 0.05) is 13.7 Å². The minimum atomic E-state index is 0.110. The van der Waals surface area contributed by atoms with Crippen molar-refractivity contribution >= 4 is 5.91 Å². The van der Waals surface area contributed by atoms with Crippen LogP contribution in [0.1, 0.15) is 35.3 Å². The predicted molar refractivity (Wildman–Crippen MR) is 92.8 cm³/mol. The summed E-state index contributed by atoms with van der Waals surface area (Å²) in [7, 11) is 1.65. The first-order valence-corrected chi connectivity index (χ1v) is 8.66. The zero-order valence-electron chi connectivity index (χ0n) is 14.3. The topological polar surface area (TPSA) is 42.7 Å². The SMILES string of the molecule is COCCN(Cc1ccco1)C(=O)Cc1ccc2c(c1)CCCC2. The van der Waals surface area contributed by atoms with E-state index in [1.54, 1.807) is 13.4 Å². The van der Waals surface area contributed by atoms with Crippen LogP contribution in [0.2, 0.25) is 0 Å². The van der Waals surface area contributed by atoms with Gasteiger partial charge >= 0.3 is 0 Å². The van der Waals surface area contributed by atoms with Gasteiger partial charge in [-0.15, -0.1) is 0 Å². The van der Waals surface area contributed by atoms with E-state index in [0.717, 1.165) is 17.7 Å². The van der Waals surface area contributed by atoms with Crippen molar-refractivity contribution in [1.29, 1.82) is 0 Å². The van der Waals surface area contributed by atoms with E-state index in [2.05, 4.69) is 18.2 Å². The lowest BCUT2D eigenvalue weighted by atomic mass is 9.90. The molecule has 4 heteroatoms. The second-order valence-electron chi connectivity index (χ2n) is 6.37. The molecule has 0 fully saturated rings. The Hall–Kier alpha value is -2.07. The zero-order valence-corrected chi connectivity index (χ0v) is 14.3. The molecule has 0 unspecified atom stereocenters. The van der Waals surface area contributed by atoms with Gasteiger partial charge in [-0.1, -0.05) is 18.2 Å². The molecule has 24 heavy (non-hydrogen) atoms. The van der Waals surface area contributed by atoms with Crippen molar-refractivity contribution in [3.05, 3.63) is 59.0 Å². The van der Waals surface area contributed by atoms with Gasteiger partial charge in [-0.05, 0) is 54.5 Å². The van der Waals surface area contributed by atoms with Crippen LogP contribution in [0, 0.1) is 0 Å². The third kappa shape index (κ3) is 4.26. The van der Waals surface area contributed by atoms with Gasteiger partial charge in [-0.3, -0.25) is 4.79 Å². The summed E-state index contributed by atoms with van der Waals surface area (Å²) in [6, 6.07) is 10.3. The van der Waals surface area contributed by atoms with Gasteiger partial charge in [-0.2, -0.15) is 0 Å². The fraction of sp³-hybridized carbons (Fsp3) is 0.450. The highest BCUT2D eigenvalue weighted by molar-refractivity contribution is 5.78. The van der Waals surface area contributed by atoms with E-state index in [9.17, 15) is 4.79 Å². The van der Waals surface area contributed by atoms with Crippen molar-refractivity contribution in [2.75, 3.05) is 20.3 Å². The molecule has 1 aromatic heterocycles. The number of rotatable bonds is 7. The molecule has 1 aliphatic carbocycles. The molecule has 0 saturated carbocycles. The molecule has 0 spiro atoms. The second-order valence-corrected chi connectivity index (χ2v) is 6.37. The lowest BCUT2D eigenvalue weighted by Gasteiger charge is -2.22. The molecule has 0 radical (unpaired) electrons. The Morgan fingerprint density at radius 1 is 1.21 bits per heavy atom. The second kappa shape index (κ2) is 8.15. The van der Waals surface area contributed by atoms with Gasteiger partial charge in [0.2, 0.25) is 5.91 Å². The fourth-order valence-electron chi connectivity index (χ4n) is 3.27. The number of benzene rings is 1. The van der Waals surface area contributed by atoms with Gasteiger partial charge in [0.1, 0.15) is 5.76 Å². The molecule has 0 saturated heterocycles. The number of ether oxygens (including phenoxy) is 1. The average Bonchev–Trinajstić information content (AvgIpc) is 3.11. The fourth-order valence-corrected chi connectivity index (χ4v) is 3.27. The summed E-state index contributed by atoms with van der Waals surface area (Å²) in [5.41, 5.74) is 3.97. The monoisotopic (exact) mass is 327 g/mol. The van der Waals surface area contributed by atoms with Crippen LogP contribution in [0.3, 0.4) is 0 Å². The minimum Gasteiger partial charge on any atom is -0.467 e. The van der Waals surface area contributed by atoms with E-state index in [-0.39, 0.29) is 5.91 Å². The van der Waals surface area contributed by atoms with Gasteiger partial charge < -0.3 is 14.1 Å². The zero-order chi connectivity index (χ0) is 16.8. The molecule has 1 aliphatic rings. The summed E-state index contributed by atoms with van der Waals surface area (Å²) in [5.74, 6) is 0.907. The van der Waals surface area contributed by atoms with Crippen molar-refractivity contribution in [3.63, 3.8) is 0 Å². The van der Waals surface area contributed by atoms with E-state index in [0.29, 0.717) is 26.1 Å². The predicted octanol–water partition coefficient (Wildman–Crippen LogP) is 3.38. The average molecular weight is 327 g/mol. The number of methoxy groups -OCH3 is 1. The molecular formula is C20H25NO3. The maximum Gasteiger partial charge on any atom is 0.227 e. The van der Waals surface area contributed by atoms with Crippen LogP contribution in [0.25, 0.3) is 0 Å². The number of amides is 1. The molecule has 2 aromatic rings. The molecule has 0 aliphatic heterocycles. The Labute approximate surface area is 143 Å². The summed E-state index contributed by atoms with van der Waals surface area (Å²) < 4.78 is 10.5. The third-order valence-electron chi connectivity index (χ3n) is 4.61. The number of nitrogens with zero attached hydrogens (tertiary/aromatic N) is 1. The summed E-state index contributed by atoms with van der Waals surface area (Å²) in [5, 5.41) is 0. The number of fused-ring (bicyclic) bond motifs is 1. The summed E-state index contributed by atoms with van der Waals surface area (Å²) in [4.78, 5) is 14.5. The molecule has 128 valence electrons. The Morgan fingerprint density at radius 2 is 2.04 bits per heavy atom. The van der Waals surface area contributed by atoms with Gasteiger partial charge in [-0.25, -0.2) is 0 Å². The molecule has 0 N–H and O–H groups in total. The number of carbonyl (C=O) groups is 1. The number of furan rings is 1. The highest BCUT2D eigenvalue weighted by Crippen LogP contribution is 2.22. The lowest BCUT2D eigenvalue weighted by molar-refractivity contribution is -0.132. The molecular weight excluding hydrogens is 302 g/mol. The first kappa shape index (κ1) is 16.8. The first-order chi connectivity index (χ1) is 11.8. The summed E-state index contributed by atoms with van der Waals surface area (Å²) >= 11 is 0. The summed E-state index contributed by atoms with van der Waals surface area (Å²) in [6.07, 6.45) is 6.90. The smallest absolute Gasteiger partial charge is 0.227 e. The van der Waals surface area contributed by atoms with Crippen LogP contribution in [0.5, 0.6) is 0 Å². The Kier molecular flexibility index (Phi) is 5.70. The molecule has 4 nitrogen and oxygen atoms in total. The van der Waals surface area contributed by atoms with E-state index >= 15 is 0 Å². The molecule has 1 amide bonds. The maximum atomic E-state index is 12.7. The van der Waals surface area contributed by atoms with Crippen molar-refractivity contribution in [2.24, 2.45) is 0 Å². The van der Waals surface area contributed by atoms with Crippen LogP contribution in [0.15, 0.2) is 41.0 Å². The van der Waals surface area contributed by atoms with Crippen molar-refractivity contribution < 1.29 is 13.9 Å². The highest BCUT2D eigenvalue weighted by Gasteiger charge is 2.17. The van der Waals surface area contributed by atoms with E-state index in [1.807, 2.05) is 17.0 Å². The van der Waals surface area contributed by atoms with E-state index in [1.165, 1.54) is 30.4 Å². The third-order valence-corrected chi connectivity index (χ3v) is 4.61. The maximum absolute atomic E-state index is 12.7. The minimum absolute atomic E-state index is 0.110. The highest BCUT2D eigenvalue weighted by atomic mass is 16.5. The quantitative estimate of drug-likeness (QED) is 0.783. The Bertz CT molecular complexity index is 664. The number of carbonyl (C=O) groups excluding carboxylic acids is 1. The van der Waals surface area contributed by atoms with Crippen molar-refractivity contribution in [3.8, 4) is 0 Å². The Morgan fingerprint density at radius 3 is 2.79 bits per heavy atom. The largest absolute Gasteiger partial charge is 0.467 e. The Balaban J connectivity index is 1.67. The van der Waals surface area contributed by atoms with Crippen LogP contribution in [-0.2, 0) is 35.3 Å². The van der Waals surface area contributed by atoms with E-state index in [4.69, 9.17) is 9.15 Å². The first-order valence-electron chi connectivity index (χ1n) is 8.66. The van der Waals surface area contributed by atoms with E-state index < -0.39 is 0 Å². The van der Waals surface area contributed by atoms with Crippen molar-refractivity contribution in [1.82, 2.24) is 4.90 Å². The standard InChI is InChI=1S/C20H25NO3/c1-23-12-10-21(15-19-7-4-11-24-19)20(22)14-16-8-9-17-5-2-3-6-18(17)13-16/h4,7-9,11,13H,2-3,5-6,10,12,14-15H2,1H3. The number of hydrogen-bond acceptors (Lipinski definition) is 3. The van der Waals surface area contributed by atoms with Crippen molar-refractivity contribution in [2.45, 2.75) is 38.6 Å². The van der Waals surface area contributed by atoms with Crippen LogP contribution in [-0.4, -0.2) is 31.1 Å². The lowest BCUT2D eigenvalue weighted by Crippen LogP contribution is -2.34. The molecule has 1 heterocycles. The van der Waals surface area contributed by atoms with Crippen LogP contribution < -0.4 is 0 Å².